The molecule has 0 aliphatic carbocycles. The molecule has 308 valence electrons. The standard InChI is InChI=1S/C40H48N2O15/c1-19(2)8-26-36-25(12-29-38(26)53-18-52-29)28-16-50-35-21(9-20-4-6-23(43)7-5-20)10-24(11-27(35)37(28)55-36)56-57-39-34(48)33(47)30(17-49-32(46)13-31(44)45)54-40(39)51-15-22(41)14-42-3/h4-7,10-12,19,22,28,30,33-34,37,39-40,42-43,47-48H,8-9,13-18,41H2,1-3H3,(H,44,45). The molecule has 17 heteroatoms. The summed E-state index contributed by atoms with van der Waals surface area (Å²) < 4.78 is 41.8. The van der Waals surface area contributed by atoms with Gasteiger partial charge in [-0.05, 0) is 55.3 Å². The fourth-order valence-corrected chi connectivity index (χ4v) is 7.49. The number of carbonyl (C=O) groups is 2. The Kier molecular flexibility index (Phi) is 12.2. The predicted octanol–water partition coefficient (Wildman–Crippen LogP) is 2.23. The number of carboxylic acids is 1. The Morgan fingerprint density at radius 2 is 1.79 bits per heavy atom. The molecule has 4 heterocycles. The van der Waals surface area contributed by atoms with E-state index in [1.807, 2.05) is 6.07 Å². The van der Waals surface area contributed by atoms with Crippen LogP contribution in [-0.2, 0) is 41.5 Å². The molecule has 8 atom stereocenters. The van der Waals surface area contributed by atoms with Gasteiger partial charge in [-0.15, -0.1) is 0 Å². The van der Waals surface area contributed by atoms with E-state index >= 15 is 0 Å². The number of aromatic hydroxyl groups is 1. The summed E-state index contributed by atoms with van der Waals surface area (Å²) >= 11 is 0. The molecule has 17 nitrogen and oxygen atoms in total. The number of rotatable bonds is 16. The Labute approximate surface area is 328 Å². The second kappa shape index (κ2) is 17.3. The van der Waals surface area contributed by atoms with Crippen molar-refractivity contribution in [2.45, 2.75) is 81.9 Å². The molecule has 3 aromatic carbocycles. The molecule has 7 N–H and O–H groups in total. The molecule has 4 aliphatic rings. The number of carbonyl (C=O) groups excluding carboxylic acids is 1. The van der Waals surface area contributed by atoms with Gasteiger partial charge in [0.2, 0.25) is 6.79 Å². The topological polar surface area (TPSA) is 236 Å². The molecule has 7 rings (SSSR count). The van der Waals surface area contributed by atoms with Crippen LogP contribution in [-0.4, -0.2) is 109 Å². The average Bonchev–Trinajstić information content (AvgIpc) is 3.80. The fraction of sp³-hybridized carbons (Fsp3) is 0.500. The predicted molar refractivity (Wildman–Crippen MR) is 197 cm³/mol. The Morgan fingerprint density at radius 3 is 2.53 bits per heavy atom. The molecule has 4 aliphatic heterocycles. The first-order chi connectivity index (χ1) is 27.4. The van der Waals surface area contributed by atoms with Crippen molar-refractivity contribution < 1.29 is 72.9 Å². The molecule has 1 fully saturated rings. The highest BCUT2D eigenvalue weighted by atomic mass is 17.2. The first-order valence-electron chi connectivity index (χ1n) is 18.8. The van der Waals surface area contributed by atoms with Crippen molar-refractivity contribution >= 4 is 11.9 Å². The minimum Gasteiger partial charge on any atom is -0.508 e. The normalized spacial score (nSPS) is 24.8. The summed E-state index contributed by atoms with van der Waals surface area (Å²) in [7, 11) is 1.72. The van der Waals surface area contributed by atoms with Gasteiger partial charge in [-0.3, -0.25) is 9.59 Å². The third-order valence-electron chi connectivity index (χ3n) is 10.1. The number of aliphatic carboxylic acids is 1. The lowest BCUT2D eigenvalue weighted by molar-refractivity contribution is -0.372. The SMILES string of the molecule is CNCC(N)COC1OC(COC(=O)CC(=O)O)C(O)C(O)C1OOc1cc(Cc2ccc(O)cc2)c2c(c1)C1Oc3c(cc4c(c3CC(C)C)OCO4)C1CO2. The van der Waals surface area contributed by atoms with E-state index in [0.29, 0.717) is 54.7 Å². The third-order valence-corrected chi connectivity index (χ3v) is 10.1. The highest BCUT2D eigenvalue weighted by Crippen LogP contribution is 2.58. The van der Waals surface area contributed by atoms with E-state index in [2.05, 4.69) is 19.2 Å². The lowest BCUT2D eigenvalue weighted by atomic mass is 9.86. The van der Waals surface area contributed by atoms with Crippen LogP contribution < -0.4 is 34.9 Å². The maximum Gasteiger partial charge on any atom is 0.317 e. The number of nitrogens with one attached hydrogen (secondary N) is 1. The Balaban J connectivity index is 1.18. The van der Waals surface area contributed by atoms with Gasteiger partial charge in [0, 0.05) is 41.3 Å². The van der Waals surface area contributed by atoms with Crippen molar-refractivity contribution in [2.24, 2.45) is 11.7 Å². The van der Waals surface area contributed by atoms with Gasteiger partial charge in [-0.1, -0.05) is 26.0 Å². The summed E-state index contributed by atoms with van der Waals surface area (Å²) in [6.45, 7) is 4.45. The Morgan fingerprint density at radius 1 is 1.00 bits per heavy atom. The molecule has 8 unspecified atom stereocenters. The molecule has 0 spiro atoms. The van der Waals surface area contributed by atoms with Gasteiger partial charge in [0.1, 0.15) is 54.7 Å². The molecule has 3 aromatic rings. The van der Waals surface area contributed by atoms with E-state index in [-0.39, 0.29) is 30.8 Å². The second-order valence-electron chi connectivity index (χ2n) is 15.0. The summed E-state index contributed by atoms with van der Waals surface area (Å²) in [4.78, 5) is 34.6. The van der Waals surface area contributed by atoms with E-state index in [4.69, 9.17) is 53.8 Å². The zero-order valence-corrected chi connectivity index (χ0v) is 31.8. The number of nitrogens with two attached hydrogens (primary N) is 1. The van der Waals surface area contributed by atoms with Gasteiger partial charge in [0.15, 0.2) is 29.6 Å². The van der Waals surface area contributed by atoms with Crippen LogP contribution in [0.15, 0.2) is 42.5 Å². The van der Waals surface area contributed by atoms with Crippen molar-refractivity contribution in [2.75, 3.05) is 40.2 Å². The molecule has 1 saturated heterocycles. The van der Waals surface area contributed by atoms with E-state index in [1.165, 1.54) is 0 Å². The molecule has 0 bridgehead atoms. The number of likely N-dealkylation sites (N-methyl/N-ethyl adjacent to an activating group) is 1. The largest absolute Gasteiger partial charge is 0.508 e. The number of phenolic OH excluding ortho intramolecular Hbond substituents is 1. The molecular formula is C40H48N2O15. The van der Waals surface area contributed by atoms with E-state index < -0.39 is 67.8 Å². The van der Waals surface area contributed by atoms with Crippen LogP contribution in [0, 0.1) is 5.92 Å². The highest BCUT2D eigenvalue weighted by Gasteiger charge is 2.49. The number of hydrogen-bond donors (Lipinski definition) is 6. The zero-order valence-electron chi connectivity index (χ0n) is 31.8. The zero-order chi connectivity index (χ0) is 40.4. The third kappa shape index (κ3) is 8.84. The van der Waals surface area contributed by atoms with Crippen molar-refractivity contribution in [3.8, 4) is 34.5 Å². The molecular weight excluding hydrogens is 748 g/mol. The van der Waals surface area contributed by atoms with E-state index in [1.54, 1.807) is 43.4 Å². The van der Waals surface area contributed by atoms with Crippen molar-refractivity contribution in [1.82, 2.24) is 5.32 Å². The number of aliphatic hydroxyl groups excluding tert-OH is 2. The van der Waals surface area contributed by atoms with Gasteiger partial charge in [-0.25, -0.2) is 0 Å². The van der Waals surface area contributed by atoms with Crippen LogP contribution in [0.4, 0.5) is 0 Å². The molecule has 57 heavy (non-hydrogen) atoms. The van der Waals surface area contributed by atoms with Gasteiger partial charge < -0.3 is 69.5 Å². The summed E-state index contributed by atoms with van der Waals surface area (Å²) in [6.07, 6.45) is -7.78. The van der Waals surface area contributed by atoms with Crippen LogP contribution in [0.5, 0.6) is 34.5 Å². The first-order valence-corrected chi connectivity index (χ1v) is 18.8. The highest BCUT2D eigenvalue weighted by molar-refractivity contribution is 5.90. The van der Waals surface area contributed by atoms with Gasteiger partial charge in [0.25, 0.3) is 0 Å². The van der Waals surface area contributed by atoms with Crippen molar-refractivity contribution in [3.63, 3.8) is 0 Å². The first kappa shape index (κ1) is 40.3. The summed E-state index contributed by atoms with van der Waals surface area (Å²) in [5, 5.41) is 44.1. The van der Waals surface area contributed by atoms with E-state index in [9.17, 15) is 24.9 Å². The lowest BCUT2D eigenvalue weighted by Gasteiger charge is -2.41. The second-order valence-corrected chi connectivity index (χ2v) is 15.0. The molecule has 0 amide bonds. The maximum absolute atomic E-state index is 11.9. The smallest absolute Gasteiger partial charge is 0.317 e. The molecule has 0 aromatic heterocycles. The van der Waals surface area contributed by atoms with Crippen molar-refractivity contribution in [3.05, 3.63) is 70.3 Å². The van der Waals surface area contributed by atoms with E-state index in [0.717, 1.165) is 28.0 Å². The number of carboxylic acid groups (broad SMARTS) is 1. The number of fused-ring (bicyclic) bond motifs is 6. The summed E-state index contributed by atoms with van der Waals surface area (Å²) in [5.41, 5.74) is 10.3. The van der Waals surface area contributed by atoms with Crippen LogP contribution in [0.1, 0.15) is 60.1 Å². The minimum absolute atomic E-state index is 0.0636. The Hall–Kier alpha value is -4.88. The van der Waals surface area contributed by atoms with Gasteiger partial charge in [0.05, 0.1) is 19.1 Å². The molecule has 0 saturated carbocycles. The molecule has 0 radical (unpaired) electrons. The maximum atomic E-state index is 11.9. The lowest BCUT2D eigenvalue weighted by Crippen LogP contribution is -2.61. The number of aliphatic hydroxyl groups is 2. The fourth-order valence-electron chi connectivity index (χ4n) is 7.49. The van der Waals surface area contributed by atoms with Crippen LogP contribution >= 0.6 is 0 Å². The number of esters is 1. The Bertz CT molecular complexity index is 1920. The van der Waals surface area contributed by atoms with Crippen LogP contribution in [0.3, 0.4) is 0 Å². The summed E-state index contributed by atoms with van der Waals surface area (Å²) in [5.74, 6) is 0.678. The monoisotopic (exact) mass is 796 g/mol. The van der Waals surface area contributed by atoms with Crippen LogP contribution in [0.2, 0.25) is 0 Å². The minimum atomic E-state index is -1.69. The summed E-state index contributed by atoms with van der Waals surface area (Å²) in [6, 6.07) is 11.7. The average molecular weight is 797 g/mol. The quantitative estimate of drug-likeness (QED) is 0.0528. The number of ether oxygens (including phenoxy) is 7. The van der Waals surface area contributed by atoms with Gasteiger partial charge in [-0.2, -0.15) is 4.89 Å². The van der Waals surface area contributed by atoms with Gasteiger partial charge >= 0.3 is 11.9 Å². The number of phenols is 1. The number of benzene rings is 3. The van der Waals surface area contributed by atoms with Crippen molar-refractivity contribution in [1.29, 1.82) is 0 Å². The van der Waals surface area contributed by atoms with Crippen LogP contribution in [0.25, 0.3) is 0 Å². The number of hydrogen-bond acceptors (Lipinski definition) is 16.